The van der Waals surface area contributed by atoms with E-state index >= 15 is 0 Å². The summed E-state index contributed by atoms with van der Waals surface area (Å²) in [4.78, 5) is 4.22. The third-order valence-corrected chi connectivity index (χ3v) is 6.27. The molecule has 2 aromatic heterocycles. The molecular formula is C19H26N4O. The van der Waals surface area contributed by atoms with Crippen LogP contribution in [0.2, 0.25) is 0 Å². The lowest BCUT2D eigenvalue weighted by Gasteiger charge is -2.25. The van der Waals surface area contributed by atoms with Gasteiger partial charge in [-0.3, -0.25) is 9.67 Å². The van der Waals surface area contributed by atoms with Crippen molar-refractivity contribution in [3.63, 3.8) is 0 Å². The van der Waals surface area contributed by atoms with Gasteiger partial charge in [0.05, 0.1) is 11.3 Å². The normalized spacial score (nSPS) is 28.6. The van der Waals surface area contributed by atoms with E-state index < -0.39 is 0 Å². The van der Waals surface area contributed by atoms with Gasteiger partial charge >= 0.3 is 0 Å². The summed E-state index contributed by atoms with van der Waals surface area (Å²) in [6.45, 7) is 3.05. The van der Waals surface area contributed by atoms with E-state index in [-0.39, 0.29) is 11.0 Å². The Bertz CT molecular complexity index is 716. The third-order valence-electron chi connectivity index (χ3n) is 6.27. The average Bonchev–Trinajstić information content (AvgIpc) is 3.31. The molecule has 0 spiro atoms. The zero-order chi connectivity index (χ0) is 16.6. The van der Waals surface area contributed by atoms with Crippen molar-refractivity contribution in [2.75, 3.05) is 7.11 Å². The van der Waals surface area contributed by atoms with Crippen LogP contribution in [0.5, 0.6) is 0 Å². The molecule has 2 fully saturated rings. The highest BCUT2D eigenvalue weighted by atomic mass is 16.5. The van der Waals surface area contributed by atoms with Crippen molar-refractivity contribution in [1.82, 2.24) is 20.0 Å². The molecule has 2 bridgehead atoms. The maximum absolute atomic E-state index is 5.81. The quantitative estimate of drug-likeness (QED) is 0.818. The zero-order valence-electron chi connectivity index (χ0n) is 14.7. The van der Waals surface area contributed by atoms with Gasteiger partial charge in [-0.25, -0.2) is 0 Å². The Labute approximate surface area is 143 Å². The van der Waals surface area contributed by atoms with Crippen LogP contribution in [-0.2, 0) is 23.1 Å². The van der Waals surface area contributed by atoms with E-state index in [0.29, 0.717) is 0 Å². The molecule has 4 rings (SSSR count). The number of fused-ring (bicyclic) bond motifs is 2. The number of rotatable bonds is 6. The molecule has 0 aliphatic heterocycles. The Morgan fingerprint density at radius 3 is 2.79 bits per heavy atom. The van der Waals surface area contributed by atoms with Crippen LogP contribution in [-0.4, -0.2) is 32.7 Å². The third kappa shape index (κ3) is 2.65. The number of aryl methyl sites for hydroxylation is 3. The van der Waals surface area contributed by atoms with E-state index in [1.54, 1.807) is 0 Å². The number of methoxy groups -OCH3 is 1. The monoisotopic (exact) mass is 326 g/mol. The fourth-order valence-electron chi connectivity index (χ4n) is 4.62. The minimum absolute atomic E-state index is 0.113. The molecule has 5 nitrogen and oxygen atoms in total. The molecule has 2 saturated carbocycles. The molecule has 2 aliphatic carbocycles. The molecule has 5 heteroatoms. The van der Waals surface area contributed by atoms with Crippen LogP contribution in [0.15, 0.2) is 24.7 Å². The first-order valence-electron chi connectivity index (χ1n) is 9.00. The van der Waals surface area contributed by atoms with Gasteiger partial charge in [0.2, 0.25) is 0 Å². The molecule has 2 aliphatic rings. The van der Waals surface area contributed by atoms with Crippen molar-refractivity contribution in [2.45, 2.75) is 69.4 Å². The lowest BCUT2D eigenvalue weighted by molar-refractivity contribution is -0.000307. The Morgan fingerprint density at radius 1 is 1.25 bits per heavy atom. The molecule has 0 unspecified atom stereocenters. The Hall–Kier alpha value is -1.75. The number of hydrogen-bond acceptors (Lipinski definition) is 4. The highest BCUT2D eigenvalue weighted by molar-refractivity contribution is 5.24. The predicted molar refractivity (Wildman–Crippen MR) is 91.8 cm³/mol. The SMILES string of the molecule is COC12CCC(c3cn(CCCc4cnccc4C)nn3)(CC1)C2. The first kappa shape index (κ1) is 15.8. The van der Waals surface area contributed by atoms with Crippen LogP contribution < -0.4 is 0 Å². The van der Waals surface area contributed by atoms with Gasteiger partial charge in [-0.2, -0.15) is 0 Å². The second kappa shape index (κ2) is 5.96. The van der Waals surface area contributed by atoms with Crippen molar-refractivity contribution >= 4 is 0 Å². The van der Waals surface area contributed by atoms with Crippen LogP contribution in [0, 0.1) is 6.92 Å². The molecule has 24 heavy (non-hydrogen) atoms. The van der Waals surface area contributed by atoms with Crippen LogP contribution in [0.4, 0.5) is 0 Å². The van der Waals surface area contributed by atoms with Gasteiger partial charge in [0.25, 0.3) is 0 Å². The summed E-state index contributed by atoms with van der Waals surface area (Å²) in [6.07, 6.45) is 13.9. The summed E-state index contributed by atoms with van der Waals surface area (Å²) in [5.41, 5.74) is 4.15. The number of aromatic nitrogens is 4. The van der Waals surface area contributed by atoms with Crippen molar-refractivity contribution in [2.24, 2.45) is 0 Å². The largest absolute Gasteiger partial charge is 0.378 e. The fourth-order valence-corrected chi connectivity index (χ4v) is 4.62. The lowest BCUT2D eigenvalue weighted by Crippen LogP contribution is -2.24. The molecule has 0 N–H and O–H groups in total. The number of nitrogens with zero attached hydrogens (tertiary/aromatic N) is 4. The van der Waals surface area contributed by atoms with Gasteiger partial charge in [0.15, 0.2) is 0 Å². The van der Waals surface area contributed by atoms with Gasteiger partial charge in [0.1, 0.15) is 0 Å². The van der Waals surface area contributed by atoms with E-state index in [9.17, 15) is 0 Å². The Balaban J connectivity index is 1.39. The highest BCUT2D eigenvalue weighted by Gasteiger charge is 2.56. The van der Waals surface area contributed by atoms with E-state index in [0.717, 1.165) is 38.6 Å². The maximum atomic E-state index is 5.81. The van der Waals surface area contributed by atoms with Crippen LogP contribution in [0.1, 0.15) is 55.3 Å². The van der Waals surface area contributed by atoms with Crippen LogP contribution in [0.3, 0.4) is 0 Å². The predicted octanol–water partition coefficient (Wildman–Crippen LogP) is 3.22. The lowest BCUT2D eigenvalue weighted by atomic mass is 9.81. The van der Waals surface area contributed by atoms with Crippen molar-refractivity contribution in [3.05, 3.63) is 41.5 Å². The van der Waals surface area contributed by atoms with Crippen molar-refractivity contribution in [3.8, 4) is 0 Å². The second-order valence-electron chi connectivity index (χ2n) is 7.62. The number of hydrogen-bond donors (Lipinski definition) is 0. The van der Waals surface area contributed by atoms with Crippen LogP contribution >= 0.6 is 0 Å². The Morgan fingerprint density at radius 2 is 2.08 bits per heavy atom. The molecule has 0 saturated heterocycles. The van der Waals surface area contributed by atoms with Gasteiger partial charge in [0, 0.05) is 37.7 Å². The van der Waals surface area contributed by atoms with E-state index in [1.807, 2.05) is 24.2 Å². The summed E-state index contributed by atoms with van der Waals surface area (Å²) in [7, 11) is 1.86. The van der Waals surface area contributed by atoms with Gasteiger partial charge in [-0.15, -0.1) is 5.10 Å². The minimum Gasteiger partial charge on any atom is -0.378 e. The van der Waals surface area contributed by atoms with Crippen LogP contribution in [0.25, 0.3) is 0 Å². The summed E-state index contributed by atoms with van der Waals surface area (Å²) < 4.78 is 7.82. The standard InChI is InChI=1S/C19H26N4O/c1-15-5-10-20-12-16(15)4-3-11-23-13-17(21-22-23)18-6-8-19(14-18,24-2)9-7-18/h5,10,12-13H,3-4,6-9,11,14H2,1-2H3. The molecule has 0 aromatic carbocycles. The number of ether oxygens (including phenoxy) is 1. The highest BCUT2D eigenvalue weighted by Crippen LogP contribution is 2.58. The summed E-state index contributed by atoms with van der Waals surface area (Å²) in [5.74, 6) is 0. The topological polar surface area (TPSA) is 52.8 Å². The average molecular weight is 326 g/mol. The van der Waals surface area contributed by atoms with E-state index in [2.05, 4.69) is 34.5 Å². The fraction of sp³-hybridized carbons (Fsp3) is 0.632. The first-order valence-corrected chi connectivity index (χ1v) is 9.00. The smallest absolute Gasteiger partial charge is 0.0889 e. The van der Waals surface area contributed by atoms with E-state index in [4.69, 9.17) is 4.74 Å². The summed E-state index contributed by atoms with van der Waals surface area (Å²) in [5, 5.41) is 8.91. The van der Waals surface area contributed by atoms with Gasteiger partial charge in [-0.05, 0) is 69.1 Å². The molecule has 0 radical (unpaired) electrons. The maximum Gasteiger partial charge on any atom is 0.0889 e. The molecule has 0 atom stereocenters. The molecule has 128 valence electrons. The molecule has 2 heterocycles. The zero-order valence-corrected chi connectivity index (χ0v) is 14.7. The van der Waals surface area contributed by atoms with E-state index in [1.165, 1.54) is 29.7 Å². The van der Waals surface area contributed by atoms with Gasteiger partial charge in [-0.1, -0.05) is 5.21 Å². The second-order valence-corrected chi connectivity index (χ2v) is 7.62. The van der Waals surface area contributed by atoms with Crippen molar-refractivity contribution < 1.29 is 4.74 Å². The molecule has 2 aromatic rings. The summed E-state index contributed by atoms with van der Waals surface area (Å²) >= 11 is 0. The minimum atomic E-state index is 0.113. The Kier molecular flexibility index (Phi) is 3.91. The van der Waals surface area contributed by atoms with Crippen molar-refractivity contribution in [1.29, 1.82) is 0 Å². The first-order chi connectivity index (χ1) is 11.6. The van der Waals surface area contributed by atoms with Gasteiger partial charge < -0.3 is 4.74 Å². The summed E-state index contributed by atoms with van der Waals surface area (Å²) in [6, 6.07) is 2.07. The number of pyridine rings is 1. The molecule has 0 amide bonds. The molecular weight excluding hydrogens is 300 g/mol.